The Labute approximate surface area is 99.4 Å². The van der Waals surface area contributed by atoms with Gasteiger partial charge in [0.05, 0.1) is 0 Å². The van der Waals surface area contributed by atoms with Gasteiger partial charge in [-0.05, 0) is 31.4 Å². The second-order valence-electron chi connectivity index (χ2n) is 4.50. The van der Waals surface area contributed by atoms with Crippen molar-refractivity contribution in [2.75, 3.05) is 18.1 Å². The van der Waals surface area contributed by atoms with Gasteiger partial charge in [0.15, 0.2) is 0 Å². The van der Waals surface area contributed by atoms with Crippen molar-refractivity contribution in [2.45, 2.75) is 37.6 Å². The summed E-state index contributed by atoms with van der Waals surface area (Å²) in [5.41, 5.74) is -0.916. The third-order valence-corrected chi connectivity index (χ3v) is 4.72. The third-order valence-electron chi connectivity index (χ3n) is 3.46. The monoisotopic (exact) mass is 243 g/mol. The van der Waals surface area contributed by atoms with E-state index in [1.165, 1.54) is 0 Å². The molecular weight excluding hydrogens is 226 g/mol. The highest BCUT2D eigenvalue weighted by Gasteiger charge is 2.47. The van der Waals surface area contributed by atoms with Gasteiger partial charge in [0.1, 0.15) is 5.54 Å². The maximum Gasteiger partial charge on any atom is 0.330 e. The van der Waals surface area contributed by atoms with Crippen LogP contribution < -0.4 is 0 Å². The molecule has 5 heteroatoms. The van der Waals surface area contributed by atoms with Gasteiger partial charge in [-0.1, -0.05) is 0 Å². The molecule has 1 amide bonds. The fraction of sp³-hybridized carbons (Fsp3) is 0.818. The average molecular weight is 243 g/mol. The third kappa shape index (κ3) is 1.93. The number of rotatable bonds is 2. The predicted molar refractivity (Wildman–Crippen MR) is 62.5 cm³/mol. The highest BCUT2D eigenvalue weighted by Crippen LogP contribution is 2.34. The van der Waals surface area contributed by atoms with Crippen molar-refractivity contribution >= 4 is 23.6 Å². The van der Waals surface area contributed by atoms with Crippen molar-refractivity contribution in [3.05, 3.63) is 0 Å². The van der Waals surface area contributed by atoms with Gasteiger partial charge in [-0.3, -0.25) is 4.79 Å². The Morgan fingerprint density at radius 2 is 2.19 bits per heavy atom. The highest BCUT2D eigenvalue weighted by molar-refractivity contribution is 7.99. The molecule has 90 valence electrons. The fourth-order valence-corrected chi connectivity index (χ4v) is 3.79. The molecule has 2 saturated heterocycles. The Morgan fingerprint density at radius 3 is 2.75 bits per heavy atom. The van der Waals surface area contributed by atoms with E-state index < -0.39 is 11.5 Å². The summed E-state index contributed by atoms with van der Waals surface area (Å²) in [5, 5.41) is 9.45. The topological polar surface area (TPSA) is 57.6 Å². The van der Waals surface area contributed by atoms with E-state index in [9.17, 15) is 14.7 Å². The molecule has 4 nitrogen and oxygen atoms in total. The van der Waals surface area contributed by atoms with E-state index >= 15 is 0 Å². The lowest BCUT2D eigenvalue weighted by Gasteiger charge is -2.44. The second-order valence-corrected chi connectivity index (χ2v) is 5.60. The zero-order valence-corrected chi connectivity index (χ0v) is 10.1. The normalized spacial score (nSPS) is 31.5. The molecule has 0 saturated carbocycles. The van der Waals surface area contributed by atoms with Crippen molar-refractivity contribution in [3.8, 4) is 0 Å². The van der Waals surface area contributed by atoms with E-state index in [2.05, 4.69) is 0 Å². The van der Waals surface area contributed by atoms with Gasteiger partial charge >= 0.3 is 5.97 Å². The van der Waals surface area contributed by atoms with Crippen LogP contribution in [0.5, 0.6) is 0 Å². The fourth-order valence-electron chi connectivity index (χ4n) is 2.54. The Morgan fingerprint density at radius 1 is 1.38 bits per heavy atom. The zero-order chi connectivity index (χ0) is 11.6. The van der Waals surface area contributed by atoms with Crippen LogP contribution in [0.3, 0.4) is 0 Å². The Hall–Kier alpha value is -0.710. The molecule has 2 fully saturated rings. The lowest BCUT2D eigenvalue weighted by atomic mass is 9.90. The van der Waals surface area contributed by atoms with E-state index in [1.54, 1.807) is 16.7 Å². The smallest absolute Gasteiger partial charge is 0.330 e. The van der Waals surface area contributed by atoms with E-state index in [0.29, 0.717) is 25.1 Å². The molecule has 1 unspecified atom stereocenters. The SMILES string of the molecule is O=C1CCCCN1C1(C(=O)O)CCCSC1. The number of amides is 1. The van der Waals surface area contributed by atoms with E-state index in [-0.39, 0.29) is 5.91 Å². The van der Waals surface area contributed by atoms with Crippen LogP contribution >= 0.6 is 11.8 Å². The van der Waals surface area contributed by atoms with Crippen LogP contribution in [-0.4, -0.2) is 45.5 Å². The summed E-state index contributed by atoms with van der Waals surface area (Å²) < 4.78 is 0. The lowest BCUT2D eigenvalue weighted by molar-refractivity contribution is -0.160. The number of carbonyl (C=O) groups is 2. The number of aliphatic carboxylic acids is 1. The maximum absolute atomic E-state index is 11.9. The molecule has 16 heavy (non-hydrogen) atoms. The van der Waals surface area contributed by atoms with Gasteiger partial charge in [-0.15, -0.1) is 0 Å². The summed E-state index contributed by atoms with van der Waals surface area (Å²) in [4.78, 5) is 25.0. The van der Waals surface area contributed by atoms with Crippen LogP contribution in [0.2, 0.25) is 0 Å². The first-order valence-corrected chi connectivity index (χ1v) is 6.94. The molecule has 2 rings (SSSR count). The summed E-state index contributed by atoms with van der Waals surface area (Å²) in [5.74, 6) is 0.761. The Kier molecular flexibility index (Phi) is 3.42. The van der Waals surface area contributed by atoms with E-state index in [4.69, 9.17) is 0 Å². The number of hydrogen-bond donors (Lipinski definition) is 1. The molecule has 0 aromatic rings. The minimum Gasteiger partial charge on any atom is -0.479 e. The van der Waals surface area contributed by atoms with Crippen LogP contribution in [0.25, 0.3) is 0 Å². The second kappa shape index (κ2) is 4.65. The van der Waals surface area contributed by atoms with Crippen LogP contribution in [-0.2, 0) is 9.59 Å². The maximum atomic E-state index is 11.9. The van der Waals surface area contributed by atoms with E-state index in [1.807, 2.05) is 0 Å². The molecule has 0 radical (unpaired) electrons. The number of carboxylic acid groups (broad SMARTS) is 1. The summed E-state index contributed by atoms with van der Waals surface area (Å²) in [6.45, 7) is 0.617. The number of hydrogen-bond acceptors (Lipinski definition) is 3. The van der Waals surface area contributed by atoms with Crippen molar-refractivity contribution in [1.29, 1.82) is 0 Å². The van der Waals surface area contributed by atoms with E-state index in [0.717, 1.165) is 25.0 Å². The number of likely N-dealkylation sites (tertiary alicyclic amines) is 1. The quantitative estimate of drug-likeness (QED) is 0.795. The Balaban J connectivity index is 2.23. The molecule has 1 atom stereocenters. The number of carbonyl (C=O) groups excluding carboxylic acids is 1. The van der Waals surface area contributed by atoms with Crippen molar-refractivity contribution in [2.24, 2.45) is 0 Å². The number of thioether (sulfide) groups is 1. The number of carboxylic acids is 1. The molecule has 0 aromatic heterocycles. The molecule has 2 aliphatic rings. The van der Waals surface area contributed by atoms with Crippen LogP contribution in [0.15, 0.2) is 0 Å². The molecule has 1 N–H and O–H groups in total. The minimum absolute atomic E-state index is 0.0242. The van der Waals surface area contributed by atoms with Gasteiger partial charge < -0.3 is 10.0 Å². The molecular formula is C11H17NO3S. The summed E-state index contributed by atoms with van der Waals surface area (Å²) >= 11 is 1.65. The Bertz CT molecular complexity index is 298. The van der Waals surface area contributed by atoms with Gasteiger partial charge in [-0.25, -0.2) is 4.79 Å². The molecule has 2 heterocycles. The van der Waals surface area contributed by atoms with Crippen LogP contribution in [0.1, 0.15) is 32.1 Å². The molecule has 0 spiro atoms. The van der Waals surface area contributed by atoms with Crippen LogP contribution in [0, 0.1) is 0 Å². The van der Waals surface area contributed by atoms with Gasteiger partial charge in [0, 0.05) is 18.7 Å². The zero-order valence-electron chi connectivity index (χ0n) is 9.28. The summed E-state index contributed by atoms with van der Waals surface area (Å²) in [6, 6.07) is 0. The number of nitrogens with zero attached hydrogens (tertiary/aromatic N) is 1. The molecule has 0 bridgehead atoms. The number of piperidine rings is 1. The van der Waals surface area contributed by atoms with Crippen molar-refractivity contribution in [1.82, 2.24) is 4.90 Å². The van der Waals surface area contributed by atoms with Crippen LogP contribution in [0.4, 0.5) is 0 Å². The van der Waals surface area contributed by atoms with Gasteiger partial charge in [0.25, 0.3) is 0 Å². The first-order chi connectivity index (χ1) is 7.67. The average Bonchev–Trinajstić information content (AvgIpc) is 2.30. The van der Waals surface area contributed by atoms with Gasteiger partial charge in [-0.2, -0.15) is 11.8 Å². The molecule has 2 aliphatic heterocycles. The van der Waals surface area contributed by atoms with Crippen molar-refractivity contribution in [3.63, 3.8) is 0 Å². The minimum atomic E-state index is -0.916. The first-order valence-electron chi connectivity index (χ1n) is 5.78. The first kappa shape index (κ1) is 11.8. The highest BCUT2D eigenvalue weighted by atomic mass is 32.2. The lowest BCUT2D eigenvalue weighted by Crippen LogP contribution is -2.61. The molecule has 0 aliphatic carbocycles. The standard InChI is InChI=1S/C11H17NO3S/c13-9-4-1-2-6-12(9)11(10(14)15)5-3-7-16-8-11/h1-8H2,(H,14,15). The van der Waals surface area contributed by atoms with Crippen molar-refractivity contribution < 1.29 is 14.7 Å². The van der Waals surface area contributed by atoms with Gasteiger partial charge in [0.2, 0.25) is 5.91 Å². The molecule has 0 aromatic carbocycles. The predicted octanol–water partition coefficient (Wildman–Crippen LogP) is 1.35. The summed E-state index contributed by atoms with van der Waals surface area (Å²) in [6.07, 6.45) is 3.85. The summed E-state index contributed by atoms with van der Waals surface area (Å²) in [7, 11) is 0. The largest absolute Gasteiger partial charge is 0.479 e.